The molecule has 0 aromatic carbocycles. The Balaban J connectivity index is 2.15. The van der Waals surface area contributed by atoms with Crippen molar-refractivity contribution < 1.29 is 21.6 Å². The molecule has 0 aromatic rings. The molecule has 0 aromatic heterocycles. The molecule has 1 saturated carbocycles. The lowest BCUT2D eigenvalue weighted by Crippen LogP contribution is -2.29. The van der Waals surface area contributed by atoms with E-state index in [1.54, 1.807) is 0 Å². The lowest BCUT2D eigenvalue weighted by molar-refractivity contribution is -0.134. The van der Waals surface area contributed by atoms with Crippen molar-refractivity contribution in [3.05, 3.63) is 0 Å². The lowest BCUT2D eigenvalue weighted by atomic mass is 9.87. The van der Waals surface area contributed by atoms with Gasteiger partial charge < -0.3 is 0 Å². The zero-order chi connectivity index (χ0) is 14.4. The average Bonchev–Trinajstić information content (AvgIpc) is 2.28. The maximum Gasteiger partial charge on any atom is 0.389 e. The van der Waals surface area contributed by atoms with Gasteiger partial charge in [-0.25, -0.2) is 13.1 Å². The van der Waals surface area contributed by atoms with Crippen molar-refractivity contribution in [1.82, 2.24) is 4.72 Å². The van der Waals surface area contributed by atoms with Crippen LogP contribution in [-0.4, -0.2) is 26.9 Å². The third-order valence-electron chi connectivity index (χ3n) is 3.47. The molecule has 1 aliphatic carbocycles. The monoisotopic (exact) mass is 301 g/mol. The van der Waals surface area contributed by atoms with Gasteiger partial charge in [-0.15, -0.1) is 0 Å². The molecule has 19 heavy (non-hydrogen) atoms. The van der Waals surface area contributed by atoms with Gasteiger partial charge in [0.05, 0.1) is 5.75 Å². The molecule has 0 unspecified atom stereocenters. The molecule has 1 rings (SSSR count). The first-order valence-electron chi connectivity index (χ1n) is 6.82. The second-order valence-corrected chi connectivity index (χ2v) is 7.15. The van der Waals surface area contributed by atoms with Crippen molar-refractivity contribution in [2.75, 3.05) is 12.3 Å². The van der Waals surface area contributed by atoms with Crippen molar-refractivity contribution in [3.8, 4) is 0 Å². The van der Waals surface area contributed by atoms with Crippen LogP contribution >= 0.6 is 0 Å². The van der Waals surface area contributed by atoms with Crippen LogP contribution in [-0.2, 0) is 10.0 Å². The van der Waals surface area contributed by atoms with E-state index in [-0.39, 0.29) is 6.42 Å². The molecule has 0 spiro atoms. The molecule has 1 fully saturated rings. The zero-order valence-corrected chi connectivity index (χ0v) is 11.8. The fourth-order valence-corrected chi connectivity index (χ4v) is 3.53. The van der Waals surface area contributed by atoms with E-state index in [1.165, 1.54) is 19.3 Å². The van der Waals surface area contributed by atoms with Crippen LogP contribution in [0.3, 0.4) is 0 Å². The SMILES string of the molecule is O=S(=O)(CCCC(F)(F)F)NCCC1CCCCC1. The van der Waals surface area contributed by atoms with E-state index < -0.39 is 28.4 Å². The van der Waals surface area contributed by atoms with Gasteiger partial charge in [0.25, 0.3) is 0 Å². The van der Waals surface area contributed by atoms with Gasteiger partial charge in [-0.05, 0) is 18.8 Å². The number of hydrogen-bond acceptors (Lipinski definition) is 2. The molecular weight excluding hydrogens is 279 g/mol. The Morgan fingerprint density at radius 1 is 1.11 bits per heavy atom. The summed E-state index contributed by atoms with van der Waals surface area (Å²) in [5.74, 6) is 0.114. The van der Waals surface area contributed by atoms with Crippen LogP contribution in [0.25, 0.3) is 0 Å². The third kappa shape index (κ3) is 8.47. The van der Waals surface area contributed by atoms with Gasteiger partial charge >= 0.3 is 6.18 Å². The average molecular weight is 301 g/mol. The van der Waals surface area contributed by atoms with Crippen molar-refractivity contribution in [3.63, 3.8) is 0 Å². The van der Waals surface area contributed by atoms with Gasteiger partial charge in [0.2, 0.25) is 10.0 Å². The van der Waals surface area contributed by atoms with E-state index in [4.69, 9.17) is 0 Å². The first kappa shape index (κ1) is 16.8. The lowest BCUT2D eigenvalue weighted by Gasteiger charge is -2.21. The molecule has 3 nitrogen and oxygen atoms in total. The van der Waals surface area contributed by atoms with Gasteiger partial charge in [0.1, 0.15) is 0 Å². The minimum atomic E-state index is -4.28. The molecular formula is C12H22F3NO2S. The fourth-order valence-electron chi connectivity index (χ4n) is 2.43. The van der Waals surface area contributed by atoms with Gasteiger partial charge in [-0.2, -0.15) is 13.2 Å². The summed E-state index contributed by atoms with van der Waals surface area (Å²) >= 11 is 0. The fraction of sp³-hybridized carbons (Fsp3) is 1.00. The van der Waals surface area contributed by atoms with E-state index in [9.17, 15) is 21.6 Å². The Morgan fingerprint density at radius 3 is 2.32 bits per heavy atom. The smallest absolute Gasteiger partial charge is 0.215 e. The third-order valence-corrected chi connectivity index (χ3v) is 4.94. The summed E-state index contributed by atoms with van der Waals surface area (Å²) in [6, 6.07) is 0. The Kier molecular flexibility index (Phi) is 6.59. The van der Waals surface area contributed by atoms with E-state index >= 15 is 0 Å². The molecule has 0 atom stereocenters. The van der Waals surface area contributed by atoms with Crippen LogP contribution in [0.5, 0.6) is 0 Å². The number of nitrogens with one attached hydrogen (secondary N) is 1. The molecule has 0 heterocycles. The van der Waals surface area contributed by atoms with Gasteiger partial charge in [-0.3, -0.25) is 0 Å². The second kappa shape index (κ2) is 7.47. The summed E-state index contributed by atoms with van der Waals surface area (Å²) in [5.41, 5.74) is 0. The predicted octanol–water partition coefficient (Wildman–Crippen LogP) is 3.22. The van der Waals surface area contributed by atoms with Crippen molar-refractivity contribution in [1.29, 1.82) is 0 Å². The van der Waals surface area contributed by atoms with Crippen LogP contribution in [0.1, 0.15) is 51.4 Å². The molecule has 0 saturated heterocycles. The zero-order valence-electron chi connectivity index (χ0n) is 11.0. The van der Waals surface area contributed by atoms with E-state index in [0.717, 1.165) is 19.3 Å². The molecule has 0 bridgehead atoms. The molecule has 0 radical (unpaired) electrons. The highest BCUT2D eigenvalue weighted by molar-refractivity contribution is 7.89. The summed E-state index contributed by atoms with van der Waals surface area (Å²) in [5, 5.41) is 0. The Hall–Kier alpha value is -0.300. The Bertz CT molecular complexity index is 348. The molecule has 0 aliphatic heterocycles. The van der Waals surface area contributed by atoms with Crippen LogP contribution in [0.15, 0.2) is 0 Å². The minimum absolute atomic E-state index is 0.346. The largest absolute Gasteiger partial charge is 0.389 e. The maximum absolute atomic E-state index is 11.9. The molecule has 1 aliphatic rings. The first-order chi connectivity index (χ1) is 8.79. The number of hydrogen-bond donors (Lipinski definition) is 1. The highest BCUT2D eigenvalue weighted by Crippen LogP contribution is 2.26. The molecule has 7 heteroatoms. The van der Waals surface area contributed by atoms with Crippen LogP contribution in [0.2, 0.25) is 0 Å². The van der Waals surface area contributed by atoms with Crippen LogP contribution in [0, 0.1) is 5.92 Å². The van der Waals surface area contributed by atoms with E-state index in [2.05, 4.69) is 4.72 Å². The summed E-state index contributed by atoms with van der Waals surface area (Å²) < 4.78 is 61.1. The van der Waals surface area contributed by atoms with Crippen molar-refractivity contribution in [2.45, 2.75) is 57.5 Å². The summed E-state index contributed by atoms with van der Waals surface area (Å²) in [6.07, 6.45) is 1.01. The molecule has 0 amide bonds. The van der Waals surface area contributed by atoms with E-state index in [1.807, 2.05) is 0 Å². The maximum atomic E-state index is 11.9. The minimum Gasteiger partial charge on any atom is -0.215 e. The Morgan fingerprint density at radius 2 is 1.74 bits per heavy atom. The Labute approximate surface area is 113 Å². The normalized spacial score (nSPS) is 18.7. The second-order valence-electron chi connectivity index (χ2n) is 5.22. The number of sulfonamides is 1. The topological polar surface area (TPSA) is 46.2 Å². The van der Waals surface area contributed by atoms with Crippen molar-refractivity contribution in [2.24, 2.45) is 5.92 Å². The van der Waals surface area contributed by atoms with Gasteiger partial charge in [0, 0.05) is 13.0 Å². The molecule has 114 valence electrons. The van der Waals surface area contributed by atoms with Crippen LogP contribution < -0.4 is 4.72 Å². The highest BCUT2D eigenvalue weighted by Gasteiger charge is 2.27. The first-order valence-corrected chi connectivity index (χ1v) is 8.48. The number of alkyl halides is 3. The number of rotatable bonds is 7. The predicted molar refractivity (Wildman–Crippen MR) is 68.3 cm³/mol. The van der Waals surface area contributed by atoms with Crippen LogP contribution in [0.4, 0.5) is 13.2 Å². The number of halogens is 3. The van der Waals surface area contributed by atoms with Gasteiger partial charge in [-0.1, -0.05) is 32.1 Å². The quantitative estimate of drug-likeness (QED) is 0.785. The highest BCUT2D eigenvalue weighted by atomic mass is 32.2. The van der Waals surface area contributed by atoms with Gasteiger partial charge in [0.15, 0.2) is 0 Å². The summed E-state index contributed by atoms with van der Waals surface area (Å²) in [4.78, 5) is 0. The van der Waals surface area contributed by atoms with E-state index in [0.29, 0.717) is 12.5 Å². The summed E-state index contributed by atoms with van der Waals surface area (Å²) in [7, 11) is -3.55. The van der Waals surface area contributed by atoms with Crippen molar-refractivity contribution >= 4 is 10.0 Å². The molecule has 1 N–H and O–H groups in total. The standard InChI is InChI=1S/C12H22F3NO2S/c13-12(14,15)8-4-10-19(17,18)16-9-7-11-5-2-1-3-6-11/h11,16H,1-10H2. The summed E-state index contributed by atoms with van der Waals surface area (Å²) in [6.45, 7) is 0.346.